The van der Waals surface area contributed by atoms with E-state index < -0.39 is 11.9 Å². The fourth-order valence-electron chi connectivity index (χ4n) is 1.97. The third kappa shape index (κ3) is 3.30. The molecule has 5 nitrogen and oxygen atoms in total. The van der Waals surface area contributed by atoms with Gasteiger partial charge in [0.2, 0.25) is 5.91 Å². The van der Waals surface area contributed by atoms with Gasteiger partial charge in [0.15, 0.2) is 0 Å². The molecule has 96 valence electrons. The van der Waals surface area contributed by atoms with E-state index in [1.165, 1.54) is 6.08 Å². The van der Waals surface area contributed by atoms with Crippen LogP contribution in [0, 0.1) is 5.92 Å². The number of carboxylic acids is 1. The van der Waals surface area contributed by atoms with E-state index in [-0.39, 0.29) is 18.6 Å². The predicted molar refractivity (Wildman–Crippen MR) is 62.6 cm³/mol. The smallest absolute Gasteiger partial charge is 0.311 e. The summed E-state index contributed by atoms with van der Waals surface area (Å²) in [6, 6.07) is -0.361. The van der Waals surface area contributed by atoms with Crippen molar-refractivity contribution in [2.45, 2.75) is 26.8 Å². The Kier molecular flexibility index (Phi) is 4.69. The highest BCUT2D eigenvalue weighted by molar-refractivity contribution is 5.89. The van der Waals surface area contributed by atoms with Gasteiger partial charge in [0.1, 0.15) is 5.92 Å². The molecule has 1 aliphatic heterocycles. The van der Waals surface area contributed by atoms with Gasteiger partial charge in [-0.25, -0.2) is 0 Å². The minimum Gasteiger partial charge on any atom is -0.481 e. The van der Waals surface area contributed by atoms with Crippen molar-refractivity contribution >= 4 is 11.9 Å². The van der Waals surface area contributed by atoms with Gasteiger partial charge in [0.05, 0.1) is 19.3 Å². The number of carbonyl (C=O) groups excluding carboxylic acids is 1. The number of carboxylic acid groups (broad SMARTS) is 1. The van der Waals surface area contributed by atoms with E-state index in [2.05, 4.69) is 0 Å². The monoisotopic (exact) mass is 241 g/mol. The second-order valence-electron chi connectivity index (χ2n) is 4.40. The molecule has 0 bridgehead atoms. The number of ether oxygens (including phenoxy) is 1. The van der Waals surface area contributed by atoms with E-state index in [0.717, 1.165) is 5.57 Å². The first kappa shape index (κ1) is 13.7. The first-order valence-corrected chi connectivity index (χ1v) is 5.73. The largest absolute Gasteiger partial charge is 0.481 e. The standard InChI is InChI=1S/C12H19NO4/c1-4-13(11(14)5-8(2)3)10-7-17-6-9(10)12(15)16/h5,9-10H,4,6-7H2,1-3H3,(H,15,16). The van der Waals surface area contributed by atoms with Gasteiger partial charge in [-0.15, -0.1) is 0 Å². The van der Waals surface area contributed by atoms with E-state index in [4.69, 9.17) is 9.84 Å². The topological polar surface area (TPSA) is 66.8 Å². The molecule has 0 aromatic carbocycles. The molecule has 1 aliphatic rings. The molecular formula is C12H19NO4. The number of rotatable bonds is 4. The van der Waals surface area contributed by atoms with Crippen molar-refractivity contribution in [1.29, 1.82) is 0 Å². The molecule has 2 unspecified atom stereocenters. The molecule has 1 saturated heterocycles. The second kappa shape index (κ2) is 5.82. The van der Waals surface area contributed by atoms with Gasteiger partial charge in [-0.2, -0.15) is 0 Å². The lowest BCUT2D eigenvalue weighted by Crippen LogP contribution is -2.45. The zero-order chi connectivity index (χ0) is 13.0. The number of allylic oxidation sites excluding steroid dienone is 1. The molecule has 0 spiro atoms. The number of likely N-dealkylation sites (N-methyl/N-ethyl adjacent to an activating group) is 1. The predicted octanol–water partition coefficient (Wildman–Crippen LogP) is 0.901. The molecule has 0 aromatic rings. The van der Waals surface area contributed by atoms with E-state index >= 15 is 0 Å². The molecular weight excluding hydrogens is 222 g/mol. The van der Waals surface area contributed by atoms with E-state index in [1.807, 2.05) is 20.8 Å². The van der Waals surface area contributed by atoms with Crippen molar-refractivity contribution in [2.75, 3.05) is 19.8 Å². The first-order valence-electron chi connectivity index (χ1n) is 5.73. The minimum absolute atomic E-state index is 0.144. The molecule has 1 heterocycles. The van der Waals surface area contributed by atoms with Gasteiger partial charge < -0.3 is 14.7 Å². The van der Waals surface area contributed by atoms with Crippen LogP contribution >= 0.6 is 0 Å². The average Bonchev–Trinajstić information content (AvgIpc) is 2.66. The summed E-state index contributed by atoms with van der Waals surface area (Å²) in [6.07, 6.45) is 1.53. The molecule has 0 aromatic heterocycles. The van der Waals surface area contributed by atoms with Crippen molar-refractivity contribution in [3.8, 4) is 0 Å². The van der Waals surface area contributed by atoms with E-state index in [0.29, 0.717) is 13.2 Å². The van der Waals surface area contributed by atoms with Gasteiger partial charge in [0, 0.05) is 12.6 Å². The third-order valence-corrected chi connectivity index (χ3v) is 2.80. The Morgan fingerprint density at radius 2 is 2.06 bits per heavy atom. The van der Waals surface area contributed by atoms with Crippen molar-refractivity contribution in [1.82, 2.24) is 4.90 Å². The molecule has 1 fully saturated rings. The quantitative estimate of drug-likeness (QED) is 0.743. The number of nitrogens with zero attached hydrogens (tertiary/aromatic N) is 1. The molecule has 0 saturated carbocycles. The summed E-state index contributed by atoms with van der Waals surface area (Å²) in [5.41, 5.74) is 0.902. The fraction of sp³-hybridized carbons (Fsp3) is 0.667. The van der Waals surface area contributed by atoms with Crippen LogP contribution in [0.1, 0.15) is 20.8 Å². The lowest BCUT2D eigenvalue weighted by Gasteiger charge is -2.28. The first-order chi connectivity index (χ1) is 7.97. The van der Waals surface area contributed by atoms with Gasteiger partial charge in [-0.1, -0.05) is 5.57 Å². The summed E-state index contributed by atoms with van der Waals surface area (Å²) in [6.45, 7) is 6.48. The van der Waals surface area contributed by atoms with Gasteiger partial charge in [-0.05, 0) is 20.8 Å². The van der Waals surface area contributed by atoms with E-state index in [9.17, 15) is 9.59 Å². The summed E-state index contributed by atoms with van der Waals surface area (Å²) >= 11 is 0. The second-order valence-corrected chi connectivity index (χ2v) is 4.40. The number of carbonyl (C=O) groups is 2. The number of hydrogen-bond acceptors (Lipinski definition) is 3. The van der Waals surface area contributed by atoms with Crippen molar-refractivity contribution in [3.63, 3.8) is 0 Å². The van der Waals surface area contributed by atoms with Crippen molar-refractivity contribution < 1.29 is 19.4 Å². The summed E-state index contributed by atoms with van der Waals surface area (Å²) in [5, 5.41) is 9.06. The summed E-state index contributed by atoms with van der Waals surface area (Å²) in [5.74, 6) is -1.67. The fourth-order valence-corrected chi connectivity index (χ4v) is 1.97. The molecule has 0 radical (unpaired) electrons. The zero-order valence-corrected chi connectivity index (χ0v) is 10.5. The van der Waals surface area contributed by atoms with Gasteiger partial charge >= 0.3 is 5.97 Å². The summed E-state index contributed by atoms with van der Waals surface area (Å²) < 4.78 is 5.17. The lowest BCUT2D eigenvalue weighted by molar-refractivity contribution is -0.144. The third-order valence-electron chi connectivity index (χ3n) is 2.80. The average molecular weight is 241 g/mol. The van der Waals surface area contributed by atoms with Crippen LogP contribution in [-0.4, -0.2) is 47.7 Å². The Bertz CT molecular complexity index is 333. The number of aliphatic carboxylic acids is 1. The van der Waals surface area contributed by atoms with Crippen LogP contribution in [0.4, 0.5) is 0 Å². The highest BCUT2D eigenvalue weighted by Gasteiger charge is 2.38. The molecule has 17 heavy (non-hydrogen) atoms. The van der Waals surface area contributed by atoms with Crippen LogP contribution in [0.2, 0.25) is 0 Å². The van der Waals surface area contributed by atoms with Crippen LogP contribution in [0.3, 0.4) is 0 Å². The molecule has 5 heteroatoms. The molecule has 1 N–H and O–H groups in total. The Hall–Kier alpha value is -1.36. The Morgan fingerprint density at radius 1 is 1.41 bits per heavy atom. The normalized spacial score (nSPS) is 23.2. The molecule has 1 rings (SSSR count). The van der Waals surface area contributed by atoms with Crippen LogP contribution in [-0.2, 0) is 14.3 Å². The number of amides is 1. The SMILES string of the molecule is CCN(C(=O)C=C(C)C)C1COCC1C(=O)O. The van der Waals surface area contributed by atoms with Crippen LogP contribution < -0.4 is 0 Å². The van der Waals surface area contributed by atoms with Crippen molar-refractivity contribution in [3.05, 3.63) is 11.6 Å². The number of hydrogen-bond donors (Lipinski definition) is 1. The summed E-state index contributed by atoms with van der Waals surface area (Å²) in [7, 11) is 0. The van der Waals surface area contributed by atoms with Crippen molar-refractivity contribution in [2.24, 2.45) is 5.92 Å². The Labute approximate surface area is 101 Å². The van der Waals surface area contributed by atoms with Crippen LogP contribution in [0.5, 0.6) is 0 Å². The minimum atomic E-state index is -0.907. The van der Waals surface area contributed by atoms with Crippen LogP contribution in [0.25, 0.3) is 0 Å². The van der Waals surface area contributed by atoms with Gasteiger partial charge in [0.25, 0.3) is 0 Å². The van der Waals surface area contributed by atoms with E-state index in [1.54, 1.807) is 4.90 Å². The molecule has 2 atom stereocenters. The Morgan fingerprint density at radius 3 is 2.53 bits per heavy atom. The highest BCUT2D eigenvalue weighted by Crippen LogP contribution is 2.20. The van der Waals surface area contributed by atoms with Gasteiger partial charge in [-0.3, -0.25) is 9.59 Å². The maximum atomic E-state index is 11.9. The lowest BCUT2D eigenvalue weighted by atomic mass is 10.0. The molecule has 0 aliphatic carbocycles. The maximum Gasteiger partial charge on any atom is 0.311 e. The molecule has 1 amide bonds. The highest BCUT2D eigenvalue weighted by atomic mass is 16.5. The maximum absolute atomic E-state index is 11.9. The summed E-state index contributed by atoms with van der Waals surface area (Å²) in [4.78, 5) is 24.6. The Balaban J connectivity index is 2.83. The zero-order valence-electron chi connectivity index (χ0n) is 10.5. The van der Waals surface area contributed by atoms with Crippen LogP contribution in [0.15, 0.2) is 11.6 Å².